The molecule has 0 amide bonds. The summed E-state index contributed by atoms with van der Waals surface area (Å²) in [4.78, 5) is 12.5. The zero-order chi connectivity index (χ0) is 14.6. The van der Waals surface area contributed by atoms with Gasteiger partial charge in [0.15, 0.2) is 11.4 Å². The third-order valence-electron chi connectivity index (χ3n) is 4.01. The van der Waals surface area contributed by atoms with Crippen LogP contribution in [-0.4, -0.2) is 24.0 Å². The predicted octanol–water partition coefficient (Wildman–Crippen LogP) is 1.80. The van der Waals surface area contributed by atoms with Gasteiger partial charge in [-0.3, -0.25) is 4.79 Å². The molecule has 4 nitrogen and oxygen atoms in total. The molecule has 0 saturated heterocycles. The number of para-hydroxylation sites is 1. The van der Waals surface area contributed by atoms with E-state index in [4.69, 9.17) is 16.2 Å². The van der Waals surface area contributed by atoms with E-state index in [1.54, 1.807) is 0 Å². The molecule has 0 spiro atoms. The standard InChI is InChI=1S/C16H24N2O2/c1-16(15(19)13(18)7-4-5-11-17)10-9-12-6-2-3-8-14(12)20-16/h2-3,6,8,13H,4-5,7,9-11,17-18H2,1H3/t13-,16?/m0/s1. The summed E-state index contributed by atoms with van der Waals surface area (Å²) >= 11 is 0. The first-order valence-corrected chi connectivity index (χ1v) is 7.34. The second-order valence-corrected chi connectivity index (χ2v) is 5.70. The van der Waals surface area contributed by atoms with Crippen LogP contribution in [0.25, 0.3) is 0 Å². The maximum absolute atomic E-state index is 12.5. The van der Waals surface area contributed by atoms with E-state index >= 15 is 0 Å². The summed E-state index contributed by atoms with van der Waals surface area (Å²) in [7, 11) is 0. The van der Waals surface area contributed by atoms with Gasteiger partial charge in [-0.15, -0.1) is 0 Å². The number of carbonyl (C=O) groups excluding carboxylic acids is 1. The highest BCUT2D eigenvalue weighted by Gasteiger charge is 2.40. The second-order valence-electron chi connectivity index (χ2n) is 5.70. The van der Waals surface area contributed by atoms with Crippen molar-refractivity contribution in [3.05, 3.63) is 29.8 Å². The number of hydrogen-bond acceptors (Lipinski definition) is 4. The molecule has 2 atom stereocenters. The van der Waals surface area contributed by atoms with E-state index < -0.39 is 11.6 Å². The number of rotatable bonds is 6. The van der Waals surface area contributed by atoms with Crippen molar-refractivity contribution in [2.75, 3.05) is 6.54 Å². The molecule has 0 fully saturated rings. The predicted molar refractivity (Wildman–Crippen MR) is 79.7 cm³/mol. The van der Waals surface area contributed by atoms with E-state index in [1.165, 1.54) is 0 Å². The molecule has 0 aliphatic carbocycles. The lowest BCUT2D eigenvalue weighted by atomic mass is 9.85. The lowest BCUT2D eigenvalue weighted by Gasteiger charge is -2.36. The molecule has 20 heavy (non-hydrogen) atoms. The van der Waals surface area contributed by atoms with Crippen molar-refractivity contribution in [2.45, 2.75) is 50.7 Å². The fourth-order valence-electron chi connectivity index (χ4n) is 2.68. The number of hydrogen-bond donors (Lipinski definition) is 2. The van der Waals surface area contributed by atoms with E-state index in [2.05, 4.69) is 0 Å². The largest absolute Gasteiger partial charge is 0.479 e. The Kier molecular flexibility index (Phi) is 4.78. The molecule has 1 unspecified atom stereocenters. The van der Waals surface area contributed by atoms with Crippen LogP contribution in [0.2, 0.25) is 0 Å². The maximum Gasteiger partial charge on any atom is 0.192 e. The van der Waals surface area contributed by atoms with Crippen molar-refractivity contribution < 1.29 is 9.53 Å². The van der Waals surface area contributed by atoms with Crippen LogP contribution in [-0.2, 0) is 11.2 Å². The highest BCUT2D eigenvalue weighted by Crippen LogP contribution is 2.34. The zero-order valence-corrected chi connectivity index (χ0v) is 12.1. The first kappa shape index (κ1) is 15.0. The molecule has 1 heterocycles. The smallest absolute Gasteiger partial charge is 0.192 e. The Bertz CT molecular complexity index is 475. The molecule has 4 heteroatoms. The number of ketones is 1. The Labute approximate surface area is 120 Å². The van der Waals surface area contributed by atoms with Gasteiger partial charge < -0.3 is 16.2 Å². The first-order chi connectivity index (χ1) is 9.57. The van der Waals surface area contributed by atoms with Gasteiger partial charge in [-0.2, -0.15) is 0 Å². The molecular weight excluding hydrogens is 252 g/mol. The lowest BCUT2D eigenvalue weighted by molar-refractivity contribution is -0.136. The van der Waals surface area contributed by atoms with Gasteiger partial charge in [0.1, 0.15) is 5.75 Å². The fourth-order valence-corrected chi connectivity index (χ4v) is 2.68. The molecule has 0 aromatic heterocycles. The van der Waals surface area contributed by atoms with Crippen molar-refractivity contribution in [1.82, 2.24) is 0 Å². The summed E-state index contributed by atoms with van der Waals surface area (Å²) < 4.78 is 5.95. The number of unbranched alkanes of at least 4 members (excludes halogenated alkanes) is 1. The number of fused-ring (bicyclic) bond motifs is 1. The first-order valence-electron chi connectivity index (χ1n) is 7.34. The zero-order valence-electron chi connectivity index (χ0n) is 12.1. The number of aryl methyl sites for hydroxylation is 1. The molecule has 0 saturated carbocycles. The minimum absolute atomic E-state index is 0.00373. The van der Waals surface area contributed by atoms with Crippen LogP contribution in [0.3, 0.4) is 0 Å². The quantitative estimate of drug-likeness (QED) is 0.777. The molecule has 0 bridgehead atoms. The topological polar surface area (TPSA) is 78.3 Å². The number of carbonyl (C=O) groups is 1. The summed E-state index contributed by atoms with van der Waals surface area (Å²) in [6.07, 6.45) is 4.01. The van der Waals surface area contributed by atoms with E-state index in [0.717, 1.165) is 30.6 Å². The summed E-state index contributed by atoms with van der Waals surface area (Å²) in [5, 5.41) is 0. The van der Waals surface area contributed by atoms with Gasteiger partial charge in [-0.05, 0) is 50.8 Å². The van der Waals surface area contributed by atoms with Crippen LogP contribution in [0.15, 0.2) is 24.3 Å². The van der Waals surface area contributed by atoms with Crippen LogP contribution >= 0.6 is 0 Å². The van der Waals surface area contributed by atoms with Gasteiger partial charge in [0, 0.05) is 0 Å². The Morgan fingerprint density at radius 3 is 2.90 bits per heavy atom. The van der Waals surface area contributed by atoms with Gasteiger partial charge in [-0.1, -0.05) is 24.6 Å². The fraction of sp³-hybridized carbons (Fsp3) is 0.562. The summed E-state index contributed by atoms with van der Waals surface area (Å²) in [5.41, 5.74) is 11.9. The average Bonchev–Trinajstić information content (AvgIpc) is 2.46. The van der Waals surface area contributed by atoms with Crippen LogP contribution in [0.4, 0.5) is 0 Å². The molecular formula is C16H24N2O2. The van der Waals surface area contributed by atoms with E-state index in [1.807, 2.05) is 31.2 Å². The van der Waals surface area contributed by atoms with Crippen molar-refractivity contribution in [3.8, 4) is 5.75 Å². The van der Waals surface area contributed by atoms with E-state index in [9.17, 15) is 4.79 Å². The highest BCUT2D eigenvalue weighted by molar-refractivity contribution is 5.92. The average molecular weight is 276 g/mol. The third-order valence-corrected chi connectivity index (χ3v) is 4.01. The van der Waals surface area contributed by atoms with Crippen molar-refractivity contribution >= 4 is 5.78 Å². The number of Topliss-reactive ketones (excluding diaryl/α,β-unsaturated/α-hetero) is 1. The number of benzene rings is 1. The molecule has 0 radical (unpaired) electrons. The van der Waals surface area contributed by atoms with Crippen LogP contribution in [0.1, 0.15) is 38.2 Å². The normalized spacial score (nSPS) is 22.8. The van der Waals surface area contributed by atoms with Crippen LogP contribution in [0, 0.1) is 0 Å². The summed E-state index contributed by atoms with van der Waals surface area (Å²) in [6, 6.07) is 7.42. The summed E-state index contributed by atoms with van der Waals surface area (Å²) in [6.45, 7) is 2.50. The second kappa shape index (κ2) is 6.37. The van der Waals surface area contributed by atoms with Crippen LogP contribution in [0.5, 0.6) is 5.75 Å². The lowest BCUT2D eigenvalue weighted by Crippen LogP contribution is -2.52. The minimum atomic E-state index is -0.795. The Morgan fingerprint density at radius 1 is 1.40 bits per heavy atom. The third kappa shape index (κ3) is 3.19. The molecule has 4 N–H and O–H groups in total. The van der Waals surface area contributed by atoms with E-state index in [-0.39, 0.29) is 5.78 Å². The Balaban J connectivity index is 2.03. The Morgan fingerprint density at radius 2 is 2.15 bits per heavy atom. The van der Waals surface area contributed by atoms with Crippen molar-refractivity contribution in [1.29, 1.82) is 0 Å². The number of nitrogens with two attached hydrogens (primary N) is 2. The van der Waals surface area contributed by atoms with Gasteiger partial charge >= 0.3 is 0 Å². The maximum atomic E-state index is 12.5. The SMILES string of the molecule is CC1(C(=O)[C@@H](N)CCCCN)CCc2ccccc2O1. The van der Waals surface area contributed by atoms with Gasteiger partial charge in [-0.25, -0.2) is 0 Å². The van der Waals surface area contributed by atoms with Crippen molar-refractivity contribution in [2.24, 2.45) is 11.5 Å². The molecule has 1 aromatic carbocycles. The molecule has 1 aromatic rings. The van der Waals surface area contributed by atoms with Gasteiger partial charge in [0.2, 0.25) is 0 Å². The Hall–Kier alpha value is -1.39. The molecule has 1 aliphatic heterocycles. The molecule has 2 rings (SSSR count). The monoisotopic (exact) mass is 276 g/mol. The van der Waals surface area contributed by atoms with Crippen molar-refractivity contribution in [3.63, 3.8) is 0 Å². The van der Waals surface area contributed by atoms with Crippen LogP contribution < -0.4 is 16.2 Å². The number of ether oxygens (including phenoxy) is 1. The van der Waals surface area contributed by atoms with Gasteiger partial charge in [0.05, 0.1) is 6.04 Å². The van der Waals surface area contributed by atoms with Gasteiger partial charge in [0.25, 0.3) is 0 Å². The minimum Gasteiger partial charge on any atom is -0.479 e. The summed E-state index contributed by atoms with van der Waals surface area (Å²) in [5.74, 6) is 0.813. The van der Waals surface area contributed by atoms with E-state index in [0.29, 0.717) is 19.4 Å². The molecule has 110 valence electrons. The molecule has 1 aliphatic rings. The highest BCUT2D eigenvalue weighted by atomic mass is 16.5.